The number of rotatable bonds is 2. The molecule has 0 aromatic heterocycles. The van der Waals surface area contributed by atoms with Crippen LogP contribution in [0.2, 0.25) is 0 Å². The topological polar surface area (TPSA) is 3.24 Å². The third kappa shape index (κ3) is 2.52. The molecular formula is C19H26FN. The van der Waals surface area contributed by atoms with Crippen LogP contribution in [-0.4, -0.2) is 24.0 Å². The minimum absolute atomic E-state index is 0.000951. The number of nitrogens with zero attached hydrogens (tertiary/aromatic N) is 1. The van der Waals surface area contributed by atoms with Crippen LogP contribution in [0.5, 0.6) is 0 Å². The summed E-state index contributed by atoms with van der Waals surface area (Å²) >= 11 is 0. The molecule has 1 aromatic carbocycles. The summed E-state index contributed by atoms with van der Waals surface area (Å²) in [6, 6.07) is 6.44. The van der Waals surface area contributed by atoms with Gasteiger partial charge < -0.3 is 4.90 Å². The van der Waals surface area contributed by atoms with E-state index in [-0.39, 0.29) is 5.82 Å². The van der Waals surface area contributed by atoms with Crippen molar-refractivity contribution in [3.63, 3.8) is 0 Å². The second-order valence-corrected chi connectivity index (χ2v) is 7.58. The van der Waals surface area contributed by atoms with Crippen molar-refractivity contribution < 1.29 is 4.39 Å². The Hall–Kier alpha value is -0.890. The lowest BCUT2D eigenvalue weighted by Gasteiger charge is -2.39. The second-order valence-electron chi connectivity index (χ2n) is 7.58. The molecule has 0 amide bonds. The standard InChI is InChI=1S/C19H26FN/c1-13-2-5-18(20)17(10-13)15-6-8-21(9-7-15)19-12-14-3-4-16(19)11-14/h2,5,10,14-16,19H,3-4,6-9,11-12H2,1H3/t14-,16?,19?/m0/s1. The number of piperidine rings is 1. The van der Waals surface area contributed by atoms with E-state index < -0.39 is 0 Å². The van der Waals surface area contributed by atoms with Gasteiger partial charge in [0.15, 0.2) is 0 Å². The Morgan fingerprint density at radius 2 is 1.86 bits per heavy atom. The van der Waals surface area contributed by atoms with E-state index in [1.165, 1.54) is 44.3 Å². The maximum atomic E-state index is 14.1. The number of likely N-dealkylation sites (tertiary alicyclic amines) is 1. The van der Waals surface area contributed by atoms with Gasteiger partial charge in [0.2, 0.25) is 0 Å². The zero-order chi connectivity index (χ0) is 14.4. The molecule has 3 atom stereocenters. The van der Waals surface area contributed by atoms with Crippen molar-refractivity contribution in [1.29, 1.82) is 0 Å². The minimum Gasteiger partial charge on any atom is -0.300 e. The Morgan fingerprint density at radius 1 is 1.05 bits per heavy atom. The van der Waals surface area contributed by atoms with E-state index in [1.807, 2.05) is 6.07 Å². The molecule has 4 rings (SSSR count). The number of hydrogen-bond acceptors (Lipinski definition) is 1. The first-order chi connectivity index (χ1) is 10.2. The van der Waals surface area contributed by atoms with Crippen molar-refractivity contribution in [3.8, 4) is 0 Å². The van der Waals surface area contributed by atoms with E-state index >= 15 is 0 Å². The molecule has 2 saturated carbocycles. The third-order valence-electron chi connectivity index (χ3n) is 6.29. The summed E-state index contributed by atoms with van der Waals surface area (Å²) in [7, 11) is 0. The predicted molar refractivity (Wildman–Crippen MR) is 83.9 cm³/mol. The average molecular weight is 287 g/mol. The van der Waals surface area contributed by atoms with E-state index in [0.717, 1.165) is 36.3 Å². The lowest BCUT2D eigenvalue weighted by Crippen LogP contribution is -2.43. The molecule has 1 nitrogen and oxygen atoms in total. The Balaban J connectivity index is 1.41. The van der Waals surface area contributed by atoms with E-state index in [4.69, 9.17) is 0 Å². The van der Waals surface area contributed by atoms with Gasteiger partial charge in [-0.15, -0.1) is 0 Å². The minimum atomic E-state index is -0.000951. The zero-order valence-corrected chi connectivity index (χ0v) is 13.0. The van der Waals surface area contributed by atoms with Gasteiger partial charge in [0.25, 0.3) is 0 Å². The molecule has 0 N–H and O–H groups in total. The van der Waals surface area contributed by atoms with Gasteiger partial charge in [0.05, 0.1) is 0 Å². The van der Waals surface area contributed by atoms with Crippen molar-refractivity contribution >= 4 is 0 Å². The molecule has 2 unspecified atom stereocenters. The number of aryl methyl sites for hydroxylation is 1. The maximum Gasteiger partial charge on any atom is 0.126 e. The lowest BCUT2D eigenvalue weighted by atomic mass is 9.86. The molecule has 2 heteroatoms. The third-order valence-corrected chi connectivity index (χ3v) is 6.29. The molecule has 1 aliphatic heterocycles. The van der Waals surface area contributed by atoms with E-state index in [9.17, 15) is 4.39 Å². The van der Waals surface area contributed by atoms with Gasteiger partial charge in [-0.05, 0) is 81.5 Å². The Bertz CT molecular complexity index is 518. The fourth-order valence-corrected chi connectivity index (χ4v) is 5.18. The van der Waals surface area contributed by atoms with Crippen molar-refractivity contribution in [2.45, 2.75) is 57.4 Å². The smallest absolute Gasteiger partial charge is 0.126 e. The molecule has 1 heterocycles. The normalized spacial score (nSPS) is 33.7. The highest BCUT2D eigenvalue weighted by atomic mass is 19.1. The van der Waals surface area contributed by atoms with Gasteiger partial charge in [-0.2, -0.15) is 0 Å². The van der Waals surface area contributed by atoms with Gasteiger partial charge >= 0.3 is 0 Å². The molecule has 1 aromatic rings. The summed E-state index contributed by atoms with van der Waals surface area (Å²) in [6.07, 6.45) is 8.13. The molecule has 3 fully saturated rings. The predicted octanol–water partition coefficient (Wildman–Crippen LogP) is 4.50. The van der Waals surface area contributed by atoms with E-state index in [2.05, 4.69) is 17.9 Å². The average Bonchev–Trinajstić information content (AvgIpc) is 3.13. The Morgan fingerprint density at radius 3 is 2.52 bits per heavy atom. The van der Waals surface area contributed by atoms with Crippen LogP contribution >= 0.6 is 0 Å². The van der Waals surface area contributed by atoms with Gasteiger partial charge in [0, 0.05) is 6.04 Å². The molecule has 114 valence electrons. The number of benzene rings is 1. The molecule has 2 bridgehead atoms. The fraction of sp³-hybridized carbons (Fsp3) is 0.684. The first-order valence-electron chi connectivity index (χ1n) is 8.71. The van der Waals surface area contributed by atoms with Crippen molar-refractivity contribution in [1.82, 2.24) is 4.90 Å². The summed E-state index contributed by atoms with van der Waals surface area (Å²) in [5.41, 5.74) is 2.14. The highest BCUT2D eigenvalue weighted by molar-refractivity contribution is 5.27. The second kappa shape index (κ2) is 5.39. The highest BCUT2D eigenvalue weighted by Gasteiger charge is 2.42. The van der Waals surface area contributed by atoms with Crippen molar-refractivity contribution in [2.75, 3.05) is 13.1 Å². The molecular weight excluding hydrogens is 261 g/mol. The van der Waals surface area contributed by atoms with Gasteiger partial charge in [0.1, 0.15) is 5.82 Å². The van der Waals surface area contributed by atoms with E-state index in [1.54, 1.807) is 6.07 Å². The quantitative estimate of drug-likeness (QED) is 0.774. The van der Waals surface area contributed by atoms with Crippen molar-refractivity contribution in [2.24, 2.45) is 11.8 Å². The zero-order valence-electron chi connectivity index (χ0n) is 13.0. The van der Waals surface area contributed by atoms with Crippen molar-refractivity contribution in [3.05, 3.63) is 35.1 Å². The van der Waals surface area contributed by atoms with Crippen LogP contribution in [0, 0.1) is 24.6 Å². The summed E-state index contributed by atoms with van der Waals surface area (Å²) in [5.74, 6) is 2.42. The summed E-state index contributed by atoms with van der Waals surface area (Å²) in [5, 5.41) is 0. The fourth-order valence-electron chi connectivity index (χ4n) is 5.18. The largest absolute Gasteiger partial charge is 0.300 e. The summed E-state index contributed by atoms with van der Waals surface area (Å²) in [4.78, 5) is 2.73. The molecule has 2 aliphatic carbocycles. The highest BCUT2D eigenvalue weighted by Crippen LogP contribution is 2.47. The molecule has 21 heavy (non-hydrogen) atoms. The van der Waals surface area contributed by atoms with E-state index in [0.29, 0.717) is 5.92 Å². The summed E-state index contributed by atoms with van der Waals surface area (Å²) < 4.78 is 14.1. The SMILES string of the molecule is Cc1ccc(F)c(C2CCN(C3C[C@H]4CCC3C4)CC2)c1. The first-order valence-corrected chi connectivity index (χ1v) is 8.71. The Labute approximate surface area is 127 Å². The lowest BCUT2D eigenvalue weighted by molar-refractivity contribution is 0.110. The van der Waals surface area contributed by atoms with Gasteiger partial charge in [-0.1, -0.05) is 24.1 Å². The molecule has 3 aliphatic rings. The van der Waals surface area contributed by atoms with Crippen LogP contribution in [0.1, 0.15) is 55.6 Å². The number of halogens is 1. The Kier molecular flexibility index (Phi) is 3.53. The molecule has 0 radical (unpaired) electrons. The van der Waals surface area contributed by atoms with Crippen LogP contribution in [-0.2, 0) is 0 Å². The molecule has 1 saturated heterocycles. The van der Waals surface area contributed by atoms with Gasteiger partial charge in [-0.3, -0.25) is 0 Å². The molecule has 0 spiro atoms. The van der Waals surface area contributed by atoms with Crippen LogP contribution < -0.4 is 0 Å². The number of fused-ring (bicyclic) bond motifs is 2. The summed E-state index contributed by atoms with van der Waals surface area (Å²) in [6.45, 7) is 4.41. The van der Waals surface area contributed by atoms with Crippen LogP contribution in [0.4, 0.5) is 4.39 Å². The maximum absolute atomic E-state index is 14.1. The first kappa shape index (κ1) is 13.8. The van der Waals surface area contributed by atoms with Crippen LogP contribution in [0.15, 0.2) is 18.2 Å². The van der Waals surface area contributed by atoms with Crippen LogP contribution in [0.25, 0.3) is 0 Å². The van der Waals surface area contributed by atoms with Crippen LogP contribution in [0.3, 0.4) is 0 Å². The monoisotopic (exact) mass is 287 g/mol. The number of hydrogen-bond donors (Lipinski definition) is 0. The van der Waals surface area contributed by atoms with Gasteiger partial charge in [-0.25, -0.2) is 4.39 Å².